The van der Waals surface area contributed by atoms with E-state index in [1.54, 1.807) is 0 Å². The minimum atomic E-state index is -0.974. The zero-order valence-electron chi connectivity index (χ0n) is 15.3. The Kier molecular flexibility index (Phi) is 4.47. The fourth-order valence-electron chi connectivity index (χ4n) is 5.98. The first kappa shape index (κ1) is 18.1. The van der Waals surface area contributed by atoms with E-state index in [0.717, 1.165) is 18.4 Å². The predicted octanol–water partition coefficient (Wildman–Crippen LogP) is 2.60. The molecule has 0 saturated heterocycles. The molecule has 3 aliphatic carbocycles. The Morgan fingerprint density at radius 1 is 1.17 bits per heavy atom. The molecule has 1 fully saturated rings. The van der Waals surface area contributed by atoms with Crippen LogP contribution in [0.5, 0.6) is 0 Å². The standard InChI is InChI=1S/C20H32O4/c1-18(2)6-4-7-19(3)14-5-8-20(12-22,17(24)11-21)10-13(14)15(23)9-16(18)19/h16-17,21-22,24H,4-12H2,1-3H3/t16-,17?,19+,20+/m0/s1. The van der Waals surface area contributed by atoms with Gasteiger partial charge in [0.05, 0.1) is 19.3 Å². The van der Waals surface area contributed by atoms with Gasteiger partial charge < -0.3 is 15.3 Å². The Hall–Kier alpha value is -0.710. The molecule has 3 N–H and O–H groups in total. The number of hydrogen-bond acceptors (Lipinski definition) is 4. The molecule has 0 aromatic heterocycles. The zero-order chi connectivity index (χ0) is 17.8. The Morgan fingerprint density at radius 2 is 1.88 bits per heavy atom. The molecule has 1 saturated carbocycles. The third kappa shape index (κ3) is 2.49. The summed E-state index contributed by atoms with van der Waals surface area (Å²) in [5.41, 5.74) is 1.61. The van der Waals surface area contributed by atoms with E-state index in [-0.39, 0.29) is 29.8 Å². The minimum absolute atomic E-state index is 0.0662. The fourth-order valence-corrected chi connectivity index (χ4v) is 5.98. The second-order valence-corrected chi connectivity index (χ2v) is 9.29. The average molecular weight is 336 g/mol. The SMILES string of the molecule is CC1(C)CCC[C@]2(C)C3=C(C[C@](CO)(C(O)CO)CC3)C(=O)C[C@@H]12. The first-order chi connectivity index (χ1) is 11.2. The molecule has 0 bridgehead atoms. The monoisotopic (exact) mass is 336 g/mol. The molecule has 0 aliphatic heterocycles. The zero-order valence-corrected chi connectivity index (χ0v) is 15.3. The second-order valence-electron chi connectivity index (χ2n) is 9.29. The summed E-state index contributed by atoms with van der Waals surface area (Å²) in [6.07, 6.45) is 4.89. The lowest BCUT2D eigenvalue weighted by Gasteiger charge is -2.57. The van der Waals surface area contributed by atoms with Gasteiger partial charge in [-0.3, -0.25) is 4.79 Å². The van der Waals surface area contributed by atoms with Crippen LogP contribution in [-0.4, -0.2) is 40.4 Å². The molecule has 3 rings (SSSR count). The highest BCUT2D eigenvalue weighted by atomic mass is 16.3. The van der Waals surface area contributed by atoms with E-state index in [0.29, 0.717) is 25.2 Å². The number of Topliss-reactive ketones (excluding diaryl/α,β-unsaturated/α-hetero) is 1. The van der Waals surface area contributed by atoms with Crippen LogP contribution < -0.4 is 0 Å². The predicted molar refractivity (Wildman–Crippen MR) is 92.3 cm³/mol. The van der Waals surface area contributed by atoms with Crippen LogP contribution in [0.3, 0.4) is 0 Å². The number of carbonyl (C=O) groups excluding carboxylic acids is 1. The first-order valence-electron chi connectivity index (χ1n) is 9.36. The molecule has 3 aliphatic rings. The third-order valence-electron chi connectivity index (χ3n) is 7.61. The molecule has 1 unspecified atom stereocenters. The number of aliphatic hydroxyl groups excluding tert-OH is 3. The van der Waals surface area contributed by atoms with Gasteiger partial charge in [-0.15, -0.1) is 0 Å². The van der Waals surface area contributed by atoms with E-state index in [2.05, 4.69) is 20.8 Å². The van der Waals surface area contributed by atoms with Crippen LogP contribution in [0, 0.1) is 22.2 Å². The van der Waals surface area contributed by atoms with Crippen LogP contribution >= 0.6 is 0 Å². The molecule has 0 radical (unpaired) electrons. The van der Waals surface area contributed by atoms with Crippen molar-refractivity contribution in [2.24, 2.45) is 22.2 Å². The van der Waals surface area contributed by atoms with Gasteiger partial charge in [-0.25, -0.2) is 0 Å². The van der Waals surface area contributed by atoms with Gasteiger partial charge in [-0.05, 0) is 54.4 Å². The highest BCUT2D eigenvalue weighted by Gasteiger charge is 2.55. The summed E-state index contributed by atoms with van der Waals surface area (Å²) in [5.74, 6) is 0.583. The van der Waals surface area contributed by atoms with Crippen LogP contribution in [0.2, 0.25) is 0 Å². The van der Waals surface area contributed by atoms with E-state index in [1.165, 1.54) is 18.4 Å². The van der Waals surface area contributed by atoms with Crippen LogP contribution in [0.15, 0.2) is 11.1 Å². The molecule has 0 spiro atoms. The van der Waals surface area contributed by atoms with Crippen molar-refractivity contribution in [3.05, 3.63) is 11.1 Å². The summed E-state index contributed by atoms with van der Waals surface area (Å²) in [4.78, 5) is 12.9. The van der Waals surface area contributed by atoms with Gasteiger partial charge in [0, 0.05) is 11.8 Å². The van der Waals surface area contributed by atoms with E-state index in [1.807, 2.05) is 0 Å². The van der Waals surface area contributed by atoms with Crippen molar-refractivity contribution in [1.82, 2.24) is 0 Å². The molecule has 4 nitrogen and oxygen atoms in total. The maximum Gasteiger partial charge on any atom is 0.159 e. The summed E-state index contributed by atoms with van der Waals surface area (Å²) in [6, 6.07) is 0. The largest absolute Gasteiger partial charge is 0.396 e. The lowest BCUT2D eigenvalue weighted by molar-refractivity contribution is -0.124. The maximum atomic E-state index is 12.9. The molecule has 0 aromatic rings. The molecule has 24 heavy (non-hydrogen) atoms. The number of hydrogen-bond donors (Lipinski definition) is 3. The molecule has 0 amide bonds. The molecule has 4 atom stereocenters. The molecule has 0 aromatic carbocycles. The summed E-state index contributed by atoms with van der Waals surface area (Å²) in [5, 5.41) is 29.5. The van der Waals surface area contributed by atoms with Gasteiger partial charge >= 0.3 is 0 Å². The van der Waals surface area contributed by atoms with Crippen LogP contribution in [0.25, 0.3) is 0 Å². The summed E-state index contributed by atoms with van der Waals surface area (Å²) in [7, 11) is 0. The van der Waals surface area contributed by atoms with Crippen LogP contribution in [0.1, 0.15) is 65.7 Å². The smallest absolute Gasteiger partial charge is 0.159 e. The van der Waals surface area contributed by atoms with E-state index in [9.17, 15) is 20.1 Å². The van der Waals surface area contributed by atoms with Gasteiger partial charge in [-0.2, -0.15) is 0 Å². The average Bonchev–Trinajstić information content (AvgIpc) is 2.55. The number of ketones is 1. The number of allylic oxidation sites excluding steroid dienone is 2. The topological polar surface area (TPSA) is 77.8 Å². The van der Waals surface area contributed by atoms with Crippen LogP contribution in [-0.2, 0) is 4.79 Å². The van der Waals surface area contributed by atoms with Gasteiger partial charge in [-0.1, -0.05) is 32.8 Å². The Morgan fingerprint density at radius 3 is 2.50 bits per heavy atom. The number of aliphatic hydroxyl groups is 3. The van der Waals surface area contributed by atoms with Gasteiger partial charge in [0.1, 0.15) is 0 Å². The molecule has 4 heteroatoms. The van der Waals surface area contributed by atoms with Gasteiger partial charge in [0.25, 0.3) is 0 Å². The molecule has 0 heterocycles. The van der Waals surface area contributed by atoms with Gasteiger partial charge in [0.15, 0.2) is 5.78 Å². The van der Waals surface area contributed by atoms with Crippen molar-refractivity contribution >= 4 is 5.78 Å². The van der Waals surface area contributed by atoms with Gasteiger partial charge in [0.2, 0.25) is 0 Å². The first-order valence-corrected chi connectivity index (χ1v) is 9.36. The van der Waals surface area contributed by atoms with Crippen LogP contribution in [0.4, 0.5) is 0 Å². The number of carbonyl (C=O) groups is 1. The van der Waals surface area contributed by atoms with E-state index >= 15 is 0 Å². The lowest BCUT2D eigenvalue weighted by atomic mass is 9.47. The third-order valence-corrected chi connectivity index (χ3v) is 7.61. The van der Waals surface area contributed by atoms with Crippen molar-refractivity contribution in [3.8, 4) is 0 Å². The van der Waals surface area contributed by atoms with E-state index in [4.69, 9.17) is 0 Å². The minimum Gasteiger partial charge on any atom is -0.396 e. The molecular formula is C20H32O4. The van der Waals surface area contributed by atoms with Crippen molar-refractivity contribution in [2.75, 3.05) is 13.2 Å². The maximum absolute atomic E-state index is 12.9. The highest BCUT2D eigenvalue weighted by Crippen LogP contribution is 2.62. The van der Waals surface area contributed by atoms with Crippen molar-refractivity contribution < 1.29 is 20.1 Å². The van der Waals surface area contributed by atoms with Crippen molar-refractivity contribution in [1.29, 1.82) is 0 Å². The number of rotatable bonds is 3. The Labute approximate surface area is 145 Å². The summed E-state index contributed by atoms with van der Waals surface area (Å²) >= 11 is 0. The second kappa shape index (κ2) is 5.93. The quantitative estimate of drug-likeness (QED) is 0.740. The molecule has 136 valence electrons. The fraction of sp³-hybridized carbons (Fsp3) is 0.850. The number of fused-ring (bicyclic) bond motifs is 2. The lowest BCUT2D eigenvalue weighted by Crippen LogP contribution is -2.51. The molecular weight excluding hydrogens is 304 g/mol. The highest BCUT2D eigenvalue weighted by molar-refractivity contribution is 5.98. The Bertz CT molecular complexity index is 564. The summed E-state index contributed by atoms with van der Waals surface area (Å²) in [6.45, 7) is 6.36. The van der Waals surface area contributed by atoms with E-state index < -0.39 is 11.5 Å². The summed E-state index contributed by atoms with van der Waals surface area (Å²) < 4.78 is 0. The van der Waals surface area contributed by atoms with Crippen molar-refractivity contribution in [2.45, 2.75) is 71.8 Å². The van der Waals surface area contributed by atoms with Crippen molar-refractivity contribution in [3.63, 3.8) is 0 Å². The normalized spacial score (nSPS) is 40.1. The Balaban J connectivity index is 2.03.